The molecule has 0 unspecified atom stereocenters. The van der Waals surface area contributed by atoms with Gasteiger partial charge in [0.2, 0.25) is 0 Å². The summed E-state index contributed by atoms with van der Waals surface area (Å²) in [4.78, 5) is 0. The van der Waals surface area contributed by atoms with Gasteiger partial charge in [-0.15, -0.1) is 0 Å². The molecule has 0 aromatic heterocycles. The molecule has 4 nitrogen and oxygen atoms in total. The van der Waals surface area contributed by atoms with Crippen molar-refractivity contribution in [3.8, 4) is 0 Å². The van der Waals surface area contributed by atoms with Gasteiger partial charge in [-0.2, -0.15) is 0 Å². The van der Waals surface area contributed by atoms with Crippen molar-refractivity contribution in [2.24, 2.45) is 0 Å². The van der Waals surface area contributed by atoms with Gasteiger partial charge in [-0.25, -0.2) is 0 Å². The standard InChI is InChI=1S/C9H24N2O2Si/c1-7-10(4)14(12-5,13-6)11(8-2)9-3/h7-9H2,1-6H3. The molecule has 0 saturated heterocycles. The van der Waals surface area contributed by atoms with Gasteiger partial charge >= 0.3 is 8.88 Å². The van der Waals surface area contributed by atoms with Crippen LogP contribution in [0.15, 0.2) is 0 Å². The number of hydrogen-bond donors (Lipinski definition) is 0. The van der Waals surface area contributed by atoms with E-state index in [1.807, 2.05) is 0 Å². The molecule has 0 saturated carbocycles. The van der Waals surface area contributed by atoms with E-state index in [0.717, 1.165) is 19.6 Å². The monoisotopic (exact) mass is 220 g/mol. The molecule has 0 aromatic carbocycles. The van der Waals surface area contributed by atoms with Crippen LogP contribution in [0.5, 0.6) is 0 Å². The van der Waals surface area contributed by atoms with E-state index in [2.05, 4.69) is 36.9 Å². The topological polar surface area (TPSA) is 24.9 Å². The number of rotatable bonds is 7. The van der Waals surface area contributed by atoms with Gasteiger partial charge < -0.3 is 8.85 Å². The molecule has 86 valence electrons. The van der Waals surface area contributed by atoms with Gasteiger partial charge in [0.05, 0.1) is 0 Å². The average Bonchev–Trinajstić information content (AvgIpc) is 2.25. The second kappa shape index (κ2) is 6.52. The summed E-state index contributed by atoms with van der Waals surface area (Å²) in [6.45, 7) is 9.22. The highest BCUT2D eigenvalue weighted by atomic mass is 28.4. The Hall–Kier alpha value is 0.0569. The van der Waals surface area contributed by atoms with E-state index in [1.165, 1.54) is 0 Å². The molecule has 0 bridgehead atoms. The lowest BCUT2D eigenvalue weighted by Gasteiger charge is -2.41. The van der Waals surface area contributed by atoms with Crippen LogP contribution in [-0.2, 0) is 8.85 Å². The van der Waals surface area contributed by atoms with Crippen molar-refractivity contribution in [2.75, 3.05) is 40.9 Å². The zero-order valence-electron chi connectivity index (χ0n) is 10.3. The van der Waals surface area contributed by atoms with E-state index < -0.39 is 8.88 Å². The van der Waals surface area contributed by atoms with E-state index in [9.17, 15) is 0 Å². The maximum atomic E-state index is 5.65. The molecule has 0 spiro atoms. The van der Waals surface area contributed by atoms with E-state index >= 15 is 0 Å². The lowest BCUT2D eigenvalue weighted by molar-refractivity contribution is 0.109. The second-order valence-electron chi connectivity index (χ2n) is 3.14. The van der Waals surface area contributed by atoms with Crippen molar-refractivity contribution in [3.63, 3.8) is 0 Å². The summed E-state index contributed by atoms with van der Waals surface area (Å²) >= 11 is 0. The van der Waals surface area contributed by atoms with Crippen LogP contribution >= 0.6 is 0 Å². The highest BCUT2D eigenvalue weighted by Crippen LogP contribution is 2.15. The van der Waals surface area contributed by atoms with Gasteiger partial charge in [0.25, 0.3) is 0 Å². The SMILES string of the molecule is CCN(C)[Si](OC)(OC)N(CC)CC. The molecule has 0 N–H and O–H groups in total. The molecule has 0 aromatic rings. The Kier molecular flexibility index (Phi) is 6.55. The van der Waals surface area contributed by atoms with E-state index in [-0.39, 0.29) is 0 Å². The molecule has 0 heterocycles. The molecule has 0 amide bonds. The Labute approximate surface area is 89.2 Å². The third-order valence-electron chi connectivity index (χ3n) is 2.65. The number of hydrogen-bond acceptors (Lipinski definition) is 4. The molecule has 0 aliphatic rings. The Bertz CT molecular complexity index is 150. The van der Waals surface area contributed by atoms with Crippen LogP contribution in [0.25, 0.3) is 0 Å². The van der Waals surface area contributed by atoms with Gasteiger partial charge in [-0.3, -0.25) is 9.13 Å². The largest absolute Gasteiger partial charge is 0.521 e. The Morgan fingerprint density at radius 2 is 1.36 bits per heavy atom. The van der Waals surface area contributed by atoms with Crippen molar-refractivity contribution in [1.82, 2.24) is 9.13 Å². The van der Waals surface area contributed by atoms with Crippen molar-refractivity contribution >= 4 is 8.88 Å². The number of nitrogens with zero attached hydrogens (tertiary/aromatic N) is 2. The Morgan fingerprint density at radius 1 is 0.929 bits per heavy atom. The Morgan fingerprint density at radius 3 is 1.57 bits per heavy atom. The fourth-order valence-corrected chi connectivity index (χ4v) is 4.71. The first-order valence-electron chi connectivity index (χ1n) is 5.19. The van der Waals surface area contributed by atoms with Crippen molar-refractivity contribution in [1.29, 1.82) is 0 Å². The lowest BCUT2D eigenvalue weighted by atomic mass is 10.7. The summed E-state index contributed by atoms with van der Waals surface area (Å²) in [5.74, 6) is 0. The molecule has 0 atom stereocenters. The van der Waals surface area contributed by atoms with Crippen molar-refractivity contribution in [3.05, 3.63) is 0 Å². The fraction of sp³-hybridized carbons (Fsp3) is 1.00. The molecule has 14 heavy (non-hydrogen) atoms. The molecule has 0 aliphatic carbocycles. The van der Waals surface area contributed by atoms with Gasteiger partial charge in [-0.1, -0.05) is 20.8 Å². The first-order chi connectivity index (χ1) is 6.62. The predicted molar refractivity (Wildman–Crippen MR) is 61.0 cm³/mol. The summed E-state index contributed by atoms with van der Waals surface area (Å²) in [7, 11) is 3.22. The van der Waals surface area contributed by atoms with E-state index in [1.54, 1.807) is 14.2 Å². The summed E-state index contributed by atoms with van der Waals surface area (Å²) in [6, 6.07) is 0. The molecule has 0 aliphatic heterocycles. The predicted octanol–water partition coefficient (Wildman–Crippen LogP) is 1.01. The smallest absolute Gasteiger partial charge is 0.374 e. The molecule has 0 radical (unpaired) electrons. The van der Waals surface area contributed by atoms with Gasteiger partial charge in [-0.05, 0) is 26.7 Å². The van der Waals surface area contributed by atoms with Crippen LogP contribution in [0.1, 0.15) is 20.8 Å². The van der Waals surface area contributed by atoms with Crippen LogP contribution in [0, 0.1) is 0 Å². The highest BCUT2D eigenvalue weighted by molar-refractivity contribution is 6.61. The fourth-order valence-electron chi connectivity index (χ4n) is 1.72. The normalized spacial score (nSPS) is 12.9. The minimum absolute atomic E-state index is 0.935. The first kappa shape index (κ1) is 14.1. The quantitative estimate of drug-likeness (QED) is 0.598. The van der Waals surface area contributed by atoms with Crippen molar-refractivity contribution in [2.45, 2.75) is 20.8 Å². The lowest BCUT2D eigenvalue weighted by Crippen LogP contribution is -2.67. The maximum absolute atomic E-state index is 5.65. The van der Waals surface area contributed by atoms with Crippen LogP contribution in [0.3, 0.4) is 0 Å². The molecule has 0 fully saturated rings. The zero-order chi connectivity index (χ0) is 11.2. The zero-order valence-corrected chi connectivity index (χ0v) is 11.3. The first-order valence-corrected chi connectivity index (χ1v) is 6.90. The summed E-state index contributed by atoms with van der Waals surface area (Å²) in [5.41, 5.74) is 0. The van der Waals surface area contributed by atoms with E-state index in [0.29, 0.717) is 0 Å². The highest BCUT2D eigenvalue weighted by Gasteiger charge is 2.46. The van der Waals surface area contributed by atoms with Crippen LogP contribution < -0.4 is 0 Å². The molecular weight excluding hydrogens is 196 g/mol. The van der Waals surface area contributed by atoms with Gasteiger partial charge in [0.15, 0.2) is 0 Å². The average molecular weight is 220 g/mol. The van der Waals surface area contributed by atoms with Crippen LogP contribution in [0.2, 0.25) is 0 Å². The third-order valence-corrected chi connectivity index (χ3v) is 6.43. The van der Waals surface area contributed by atoms with Crippen LogP contribution in [0.4, 0.5) is 0 Å². The molecule has 5 heteroatoms. The van der Waals surface area contributed by atoms with Crippen molar-refractivity contribution < 1.29 is 8.85 Å². The summed E-state index contributed by atoms with van der Waals surface area (Å²) in [6.07, 6.45) is 0. The molecular formula is C9H24N2O2Si. The third kappa shape index (κ3) is 2.55. The molecule has 0 rings (SSSR count). The maximum Gasteiger partial charge on any atom is 0.521 e. The van der Waals surface area contributed by atoms with E-state index in [4.69, 9.17) is 8.85 Å². The minimum atomic E-state index is -2.31. The summed E-state index contributed by atoms with van der Waals surface area (Å²) < 4.78 is 15.8. The van der Waals surface area contributed by atoms with Gasteiger partial charge in [0.1, 0.15) is 0 Å². The Balaban J connectivity index is 4.83. The van der Waals surface area contributed by atoms with Crippen LogP contribution in [-0.4, -0.2) is 58.9 Å². The summed E-state index contributed by atoms with van der Waals surface area (Å²) in [5, 5.41) is 0. The minimum Gasteiger partial charge on any atom is -0.374 e. The second-order valence-corrected chi connectivity index (χ2v) is 6.45. The van der Waals surface area contributed by atoms with Gasteiger partial charge in [0, 0.05) is 14.2 Å².